The quantitative estimate of drug-likeness (QED) is 0.897. The maximum Gasteiger partial charge on any atom is 0.207 e. The number of sulfone groups is 1. The maximum atomic E-state index is 11.9. The SMILES string of the molecule is CC(C)Oc1ccc(S(=O)(=O)C(C)(C)O)cc1. The lowest BCUT2D eigenvalue weighted by Crippen LogP contribution is -2.31. The fourth-order valence-corrected chi connectivity index (χ4v) is 2.33. The van der Waals surface area contributed by atoms with Crippen LogP contribution in [-0.2, 0) is 9.84 Å². The molecule has 0 heterocycles. The Hall–Kier alpha value is -1.07. The van der Waals surface area contributed by atoms with Gasteiger partial charge in [-0.3, -0.25) is 0 Å². The van der Waals surface area contributed by atoms with Crippen LogP contribution in [0.3, 0.4) is 0 Å². The minimum Gasteiger partial charge on any atom is -0.491 e. The van der Waals surface area contributed by atoms with Gasteiger partial charge in [-0.2, -0.15) is 0 Å². The summed E-state index contributed by atoms with van der Waals surface area (Å²) in [6, 6.07) is 6.04. The molecule has 1 aromatic rings. The molecule has 0 saturated carbocycles. The average molecular weight is 258 g/mol. The second kappa shape index (κ2) is 4.66. The third-order valence-electron chi connectivity index (χ3n) is 2.16. The summed E-state index contributed by atoms with van der Waals surface area (Å²) in [5.41, 5.74) is 0. The Morgan fingerprint density at radius 2 is 1.65 bits per heavy atom. The highest BCUT2D eigenvalue weighted by Crippen LogP contribution is 2.24. The normalized spacial score (nSPS) is 12.8. The van der Waals surface area contributed by atoms with E-state index in [-0.39, 0.29) is 11.0 Å². The highest BCUT2D eigenvalue weighted by Gasteiger charge is 2.32. The molecule has 1 N–H and O–H groups in total. The summed E-state index contributed by atoms with van der Waals surface area (Å²) in [6.07, 6.45) is 0.0340. The fraction of sp³-hybridized carbons (Fsp3) is 0.500. The first-order valence-electron chi connectivity index (χ1n) is 5.38. The molecule has 96 valence electrons. The summed E-state index contributed by atoms with van der Waals surface area (Å²) in [6.45, 7) is 6.28. The maximum absolute atomic E-state index is 11.9. The van der Waals surface area contributed by atoms with E-state index in [0.29, 0.717) is 5.75 Å². The number of aliphatic hydroxyl groups is 1. The monoisotopic (exact) mass is 258 g/mol. The van der Waals surface area contributed by atoms with E-state index in [4.69, 9.17) is 4.74 Å². The largest absolute Gasteiger partial charge is 0.491 e. The third-order valence-corrected chi connectivity index (χ3v) is 4.37. The number of rotatable bonds is 4. The summed E-state index contributed by atoms with van der Waals surface area (Å²) in [5, 5.41) is 9.59. The van der Waals surface area contributed by atoms with E-state index in [1.807, 2.05) is 13.8 Å². The number of benzene rings is 1. The van der Waals surface area contributed by atoms with Crippen LogP contribution in [0.15, 0.2) is 29.2 Å². The lowest BCUT2D eigenvalue weighted by molar-refractivity contribution is 0.165. The molecule has 0 saturated heterocycles. The minimum atomic E-state index is -3.72. The van der Waals surface area contributed by atoms with E-state index < -0.39 is 14.8 Å². The number of ether oxygens (including phenoxy) is 1. The first-order valence-corrected chi connectivity index (χ1v) is 6.86. The van der Waals surface area contributed by atoms with Gasteiger partial charge in [-0.25, -0.2) is 8.42 Å². The third kappa shape index (κ3) is 3.20. The van der Waals surface area contributed by atoms with Crippen molar-refractivity contribution in [3.8, 4) is 5.75 Å². The molecule has 0 bridgehead atoms. The topological polar surface area (TPSA) is 63.6 Å². The van der Waals surface area contributed by atoms with Crippen molar-refractivity contribution in [2.75, 3.05) is 0 Å². The lowest BCUT2D eigenvalue weighted by atomic mass is 10.3. The van der Waals surface area contributed by atoms with Crippen LogP contribution in [0.25, 0.3) is 0 Å². The van der Waals surface area contributed by atoms with E-state index in [2.05, 4.69) is 0 Å². The molecule has 0 atom stereocenters. The Morgan fingerprint density at radius 3 is 2.00 bits per heavy atom. The summed E-state index contributed by atoms with van der Waals surface area (Å²) < 4.78 is 29.2. The Bertz CT molecular complexity index is 466. The van der Waals surface area contributed by atoms with E-state index in [0.717, 1.165) is 0 Å². The first-order chi connectivity index (χ1) is 7.64. The molecule has 0 amide bonds. The van der Waals surface area contributed by atoms with Crippen molar-refractivity contribution in [2.24, 2.45) is 0 Å². The molecule has 1 aromatic carbocycles. The van der Waals surface area contributed by atoms with Crippen LogP contribution in [0.5, 0.6) is 5.75 Å². The fourth-order valence-electron chi connectivity index (χ4n) is 1.26. The molecule has 0 unspecified atom stereocenters. The molecular weight excluding hydrogens is 240 g/mol. The molecule has 4 nitrogen and oxygen atoms in total. The van der Waals surface area contributed by atoms with Crippen molar-refractivity contribution in [2.45, 2.75) is 43.6 Å². The molecular formula is C12H18O4S. The lowest BCUT2D eigenvalue weighted by Gasteiger charge is -2.18. The van der Waals surface area contributed by atoms with E-state index >= 15 is 0 Å². The molecule has 0 aromatic heterocycles. The van der Waals surface area contributed by atoms with Gasteiger partial charge < -0.3 is 9.84 Å². The van der Waals surface area contributed by atoms with Crippen LogP contribution < -0.4 is 4.74 Å². The van der Waals surface area contributed by atoms with Crippen LogP contribution >= 0.6 is 0 Å². The van der Waals surface area contributed by atoms with Crippen LogP contribution in [0.2, 0.25) is 0 Å². The summed E-state index contributed by atoms with van der Waals surface area (Å²) in [5.74, 6) is 0.606. The molecule has 17 heavy (non-hydrogen) atoms. The summed E-state index contributed by atoms with van der Waals surface area (Å²) in [4.78, 5) is -1.70. The molecule has 0 aliphatic heterocycles. The zero-order chi connectivity index (χ0) is 13.3. The van der Waals surface area contributed by atoms with Crippen molar-refractivity contribution >= 4 is 9.84 Å². The van der Waals surface area contributed by atoms with E-state index in [9.17, 15) is 13.5 Å². The molecule has 1 rings (SSSR count). The van der Waals surface area contributed by atoms with Gasteiger partial charge in [-0.05, 0) is 52.0 Å². The van der Waals surface area contributed by atoms with Crippen LogP contribution in [-0.4, -0.2) is 24.6 Å². The van der Waals surface area contributed by atoms with Crippen LogP contribution in [0.4, 0.5) is 0 Å². The zero-order valence-electron chi connectivity index (χ0n) is 10.5. The second-order valence-corrected chi connectivity index (χ2v) is 7.07. The molecule has 0 fully saturated rings. The van der Waals surface area contributed by atoms with E-state index in [1.165, 1.54) is 26.0 Å². The van der Waals surface area contributed by atoms with Crippen molar-refractivity contribution < 1.29 is 18.3 Å². The van der Waals surface area contributed by atoms with Gasteiger partial charge in [0.05, 0.1) is 11.0 Å². The van der Waals surface area contributed by atoms with Gasteiger partial charge in [0.15, 0.2) is 4.93 Å². The molecule has 0 radical (unpaired) electrons. The minimum absolute atomic E-state index is 0.0340. The van der Waals surface area contributed by atoms with Gasteiger partial charge in [0.1, 0.15) is 5.75 Å². The summed E-state index contributed by atoms with van der Waals surface area (Å²) in [7, 11) is -3.72. The van der Waals surface area contributed by atoms with Gasteiger partial charge in [0.2, 0.25) is 9.84 Å². The Kier molecular flexibility index (Phi) is 3.84. The predicted octanol–water partition coefficient (Wildman–Crippen LogP) is 1.98. The zero-order valence-corrected chi connectivity index (χ0v) is 11.3. The summed E-state index contributed by atoms with van der Waals surface area (Å²) >= 11 is 0. The van der Waals surface area contributed by atoms with Crippen molar-refractivity contribution in [3.63, 3.8) is 0 Å². The van der Waals surface area contributed by atoms with Crippen molar-refractivity contribution in [1.29, 1.82) is 0 Å². The Balaban J connectivity index is 3.04. The Morgan fingerprint density at radius 1 is 1.18 bits per heavy atom. The average Bonchev–Trinajstić information content (AvgIpc) is 2.15. The molecule has 0 aliphatic rings. The predicted molar refractivity (Wildman–Crippen MR) is 65.7 cm³/mol. The molecule has 0 aliphatic carbocycles. The molecule has 0 spiro atoms. The van der Waals surface area contributed by atoms with Gasteiger partial charge in [0.25, 0.3) is 0 Å². The highest BCUT2D eigenvalue weighted by molar-refractivity contribution is 7.92. The standard InChI is InChI=1S/C12H18O4S/c1-9(2)16-10-5-7-11(8-6-10)17(14,15)12(3,4)13/h5-9,13H,1-4H3. The van der Waals surface area contributed by atoms with Crippen molar-refractivity contribution in [3.05, 3.63) is 24.3 Å². The number of hydrogen-bond donors (Lipinski definition) is 1. The number of hydrogen-bond acceptors (Lipinski definition) is 4. The Labute approximate surface area is 102 Å². The first kappa shape index (κ1) is 14.0. The smallest absolute Gasteiger partial charge is 0.207 e. The van der Waals surface area contributed by atoms with Crippen LogP contribution in [0, 0.1) is 0 Å². The second-order valence-electron chi connectivity index (χ2n) is 4.59. The van der Waals surface area contributed by atoms with E-state index in [1.54, 1.807) is 12.1 Å². The molecule has 5 heteroatoms. The van der Waals surface area contributed by atoms with Crippen LogP contribution in [0.1, 0.15) is 27.7 Å². The van der Waals surface area contributed by atoms with Gasteiger partial charge >= 0.3 is 0 Å². The highest BCUT2D eigenvalue weighted by atomic mass is 32.2. The van der Waals surface area contributed by atoms with Gasteiger partial charge in [0, 0.05) is 0 Å². The van der Waals surface area contributed by atoms with Gasteiger partial charge in [-0.1, -0.05) is 0 Å². The van der Waals surface area contributed by atoms with Crippen molar-refractivity contribution in [1.82, 2.24) is 0 Å². The van der Waals surface area contributed by atoms with Gasteiger partial charge in [-0.15, -0.1) is 0 Å².